The van der Waals surface area contributed by atoms with E-state index >= 15 is 0 Å². The van der Waals surface area contributed by atoms with Crippen molar-refractivity contribution in [3.8, 4) is 0 Å². The number of para-hydroxylation sites is 1. The molecule has 3 rings (SSSR count). The van der Waals surface area contributed by atoms with Gasteiger partial charge in [-0.2, -0.15) is 0 Å². The Morgan fingerprint density at radius 1 is 1.07 bits per heavy atom. The average Bonchev–Trinajstić information content (AvgIpc) is 2.91. The van der Waals surface area contributed by atoms with Crippen LogP contribution in [0.5, 0.6) is 0 Å². The van der Waals surface area contributed by atoms with Crippen LogP contribution in [-0.4, -0.2) is 43.4 Å². The summed E-state index contributed by atoms with van der Waals surface area (Å²) >= 11 is -2.57. The Balaban J connectivity index is 0.00000280. The molecule has 1 unspecified atom stereocenters. The van der Waals surface area contributed by atoms with Crippen LogP contribution in [0.2, 0.25) is 0 Å². The van der Waals surface area contributed by atoms with Gasteiger partial charge in [0.15, 0.2) is 0 Å². The molecule has 28 heavy (non-hydrogen) atoms. The normalized spacial score (nSPS) is 15.8. The molecule has 0 amide bonds. The summed E-state index contributed by atoms with van der Waals surface area (Å²) in [6.07, 6.45) is 0.912. The molecule has 0 aliphatic carbocycles. The summed E-state index contributed by atoms with van der Waals surface area (Å²) in [6.45, 7) is 3.12. The minimum absolute atomic E-state index is 0. The Hall–Kier alpha value is -1.04. The predicted molar refractivity (Wildman–Crippen MR) is 106 cm³/mol. The Bertz CT molecular complexity index is 905. The van der Waals surface area contributed by atoms with Gasteiger partial charge in [-0.3, -0.25) is 8.93 Å². The minimum atomic E-state index is -3.85. The fraction of sp³-hybridized carbons (Fsp3) is 0.294. The third-order valence-electron chi connectivity index (χ3n) is 4.18. The largest absolute Gasteiger partial charge is 0.755 e. The van der Waals surface area contributed by atoms with Crippen LogP contribution in [0.25, 0.3) is 0 Å². The topological polar surface area (TPSA) is 114 Å². The number of sulfonamides is 1. The van der Waals surface area contributed by atoms with Crippen LogP contribution in [0.15, 0.2) is 53.4 Å². The minimum Gasteiger partial charge on any atom is -0.755 e. The SMILES string of the molecule is O=S([O-])Nc1cc(S(=O)(=O)Nc2ccccc2)ccc1N1CCCNCC1.[Y]. The van der Waals surface area contributed by atoms with E-state index in [0.29, 0.717) is 17.9 Å². The molecule has 1 fully saturated rings. The van der Waals surface area contributed by atoms with Crippen molar-refractivity contribution in [2.75, 3.05) is 40.5 Å². The van der Waals surface area contributed by atoms with Gasteiger partial charge in [-0.05, 0) is 43.3 Å². The summed E-state index contributed by atoms with van der Waals surface area (Å²) in [5, 5.41) is 3.28. The van der Waals surface area contributed by atoms with Crippen LogP contribution < -0.4 is 19.7 Å². The summed E-state index contributed by atoms with van der Waals surface area (Å²) in [7, 11) is -3.85. The maximum Gasteiger partial charge on any atom is 0.261 e. The second-order valence-corrected chi connectivity index (χ2v) is 8.43. The van der Waals surface area contributed by atoms with Gasteiger partial charge < -0.3 is 19.5 Å². The fourth-order valence-electron chi connectivity index (χ4n) is 2.94. The second-order valence-electron chi connectivity index (χ2n) is 6.08. The van der Waals surface area contributed by atoms with Gasteiger partial charge in [0.05, 0.1) is 16.3 Å². The number of hydrogen-bond donors (Lipinski definition) is 3. The summed E-state index contributed by atoms with van der Waals surface area (Å²) in [5.41, 5.74) is 1.32. The van der Waals surface area contributed by atoms with Gasteiger partial charge in [0.1, 0.15) is 0 Å². The van der Waals surface area contributed by atoms with Crippen molar-refractivity contribution in [1.29, 1.82) is 0 Å². The van der Waals surface area contributed by atoms with Crippen molar-refractivity contribution in [3.63, 3.8) is 0 Å². The van der Waals surface area contributed by atoms with Gasteiger partial charge in [-0.15, -0.1) is 0 Å². The molecule has 1 heterocycles. The number of benzene rings is 2. The third kappa shape index (κ3) is 6.23. The van der Waals surface area contributed by atoms with Crippen molar-refractivity contribution >= 4 is 38.4 Å². The molecular formula is C17H21N4O4S2Y-. The third-order valence-corrected chi connectivity index (χ3v) is 5.94. The molecule has 0 aromatic heterocycles. The van der Waals surface area contributed by atoms with E-state index < -0.39 is 21.3 Å². The molecule has 2 aromatic rings. The number of nitrogens with zero attached hydrogens (tertiary/aromatic N) is 1. The molecule has 1 aliphatic rings. The molecule has 149 valence electrons. The van der Waals surface area contributed by atoms with Crippen molar-refractivity contribution in [2.24, 2.45) is 0 Å². The van der Waals surface area contributed by atoms with Crippen molar-refractivity contribution in [1.82, 2.24) is 5.32 Å². The smallest absolute Gasteiger partial charge is 0.261 e. The standard InChI is InChI=1S/C17H22N4O4S2.Y/c22-26(23)19-16-13-15(27(24,25)20-14-5-2-1-3-6-14)7-8-17(16)21-11-4-9-18-10-12-21;/h1-3,5-8,13,18-20H,4,9-12H2,(H,22,23);/p-1. The van der Waals surface area contributed by atoms with E-state index in [1.165, 1.54) is 12.1 Å². The Labute approximate surface area is 192 Å². The molecule has 8 nitrogen and oxygen atoms in total. The van der Waals surface area contributed by atoms with Gasteiger partial charge in [0.25, 0.3) is 10.0 Å². The number of rotatable bonds is 6. The predicted octanol–water partition coefficient (Wildman–Crippen LogP) is 1.49. The van der Waals surface area contributed by atoms with Crippen LogP contribution in [0, 0.1) is 0 Å². The molecule has 0 spiro atoms. The molecule has 11 heteroatoms. The van der Waals surface area contributed by atoms with Gasteiger partial charge in [-0.25, -0.2) is 8.42 Å². The first-order chi connectivity index (χ1) is 13.0. The Morgan fingerprint density at radius 3 is 2.54 bits per heavy atom. The number of anilines is 3. The average molecular weight is 498 g/mol. The number of nitrogens with one attached hydrogen (secondary N) is 3. The molecule has 0 bridgehead atoms. The van der Waals surface area contributed by atoms with E-state index in [-0.39, 0.29) is 43.3 Å². The molecule has 3 N–H and O–H groups in total. The zero-order chi connectivity index (χ0) is 19.3. The molecule has 2 aromatic carbocycles. The van der Waals surface area contributed by atoms with Crippen molar-refractivity contribution in [2.45, 2.75) is 11.3 Å². The first kappa shape index (κ1) is 23.2. The summed E-state index contributed by atoms with van der Waals surface area (Å²) in [6, 6.07) is 13.0. The zero-order valence-electron chi connectivity index (χ0n) is 15.1. The summed E-state index contributed by atoms with van der Waals surface area (Å²) in [4.78, 5) is 2.02. The van der Waals surface area contributed by atoms with E-state index in [1.54, 1.807) is 36.4 Å². The van der Waals surface area contributed by atoms with Crippen molar-refractivity contribution in [3.05, 3.63) is 48.5 Å². The molecule has 1 aliphatic heterocycles. The maximum absolute atomic E-state index is 12.7. The van der Waals surface area contributed by atoms with E-state index in [9.17, 15) is 17.2 Å². The van der Waals surface area contributed by atoms with E-state index in [0.717, 1.165) is 26.1 Å². The first-order valence-electron chi connectivity index (χ1n) is 8.49. The zero-order valence-corrected chi connectivity index (χ0v) is 19.6. The molecule has 0 saturated carbocycles. The fourth-order valence-corrected chi connectivity index (χ4v) is 4.36. The Morgan fingerprint density at radius 2 is 1.82 bits per heavy atom. The van der Waals surface area contributed by atoms with E-state index in [2.05, 4.69) is 14.8 Å². The maximum atomic E-state index is 12.7. The summed E-state index contributed by atoms with van der Waals surface area (Å²) < 4.78 is 52.6. The van der Waals surface area contributed by atoms with Crippen LogP contribution in [-0.2, 0) is 54.0 Å². The van der Waals surface area contributed by atoms with E-state index in [4.69, 9.17) is 0 Å². The monoisotopic (exact) mass is 498 g/mol. The van der Waals surface area contributed by atoms with Crippen LogP contribution in [0.1, 0.15) is 6.42 Å². The molecule has 1 saturated heterocycles. The molecule has 1 radical (unpaired) electrons. The van der Waals surface area contributed by atoms with Gasteiger partial charge >= 0.3 is 0 Å². The van der Waals surface area contributed by atoms with Gasteiger partial charge in [0.2, 0.25) is 0 Å². The molecular weight excluding hydrogens is 477 g/mol. The first-order valence-corrected chi connectivity index (χ1v) is 11.0. The Kier molecular flexibility index (Phi) is 8.85. The second kappa shape index (κ2) is 10.7. The summed E-state index contributed by atoms with van der Waals surface area (Å²) in [5.74, 6) is 0. The van der Waals surface area contributed by atoms with Crippen LogP contribution in [0.4, 0.5) is 17.1 Å². The van der Waals surface area contributed by atoms with E-state index in [1.807, 2.05) is 4.90 Å². The van der Waals surface area contributed by atoms with Gasteiger partial charge in [0, 0.05) is 69.3 Å². The van der Waals surface area contributed by atoms with Crippen LogP contribution in [0.3, 0.4) is 0 Å². The quantitative estimate of drug-likeness (QED) is 0.521. The van der Waals surface area contributed by atoms with Crippen LogP contribution >= 0.6 is 0 Å². The molecule has 1 atom stereocenters. The van der Waals surface area contributed by atoms with Gasteiger partial charge in [-0.1, -0.05) is 18.2 Å². The number of hydrogen-bond acceptors (Lipinski definition) is 6. The van der Waals surface area contributed by atoms with Crippen molar-refractivity contribution < 1.29 is 49.9 Å².